The van der Waals surface area contributed by atoms with Gasteiger partial charge in [0.15, 0.2) is 0 Å². The van der Waals surface area contributed by atoms with E-state index in [0.29, 0.717) is 11.4 Å². The van der Waals surface area contributed by atoms with Crippen LogP contribution in [-0.2, 0) is 0 Å². The van der Waals surface area contributed by atoms with Crippen molar-refractivity contribution >= 4 is 88.1 Å². The Balaban J connectivity index is 0. The molecule has 0 fully saturated rings. The third kappa shape index (κ3) is 23.3. The second kappa shape index (κ2) is 21.0. The largest absolute Gasteiger partial charge is 3.00 e. The summed E-state index contributed by atoms with van der Waals surface area (Å²) in [7, 11) is -2.55. The van der Waals surface area contributed by atoms with Crippen molar-refractivity contribution in [3.63, 3.8) is 0 Å². The quantitative estimate of drug-likeness (QED) is 0.186. The number of hydrogen-bond acceptors (Lipinski definition) is 0. The van der Waals surface area contributed by atoms with E-state index < -0.39 is 16.5 Å². The second-order valence-corrected chi connectivity index (χ2v) is 19.1. The Hall–Kier alpha value is -1.85. The smallest absolute Gasteiger partial charge is 0.699 e. The van der Waals surface area contributed by atoms with Gasteiger partial charge in [0.1, 0.15) is 0 Å². The minimum absolute atomic E-state index is 0. The van der Waals surface area contributed by atoms with E-state index in [1.807, 2.05) is 72.8 Å². The molecule has 4 aromatic rings. The predicted octanol–water partition coefficient (Wildman–Crippen LogP) is 11.0. The summed E-state index contributed by atoms with van der Waals surface area (Å²) in [5, 5.41) is 0. The molecule has 38 heavy (non-hydrogen) atoms. The molecule has 4 aromatic carbocycles. The van der Waals surface area contributed by atoms with Crippen molar-refractivity contribution in [2.24, 2.45) is 0 Å². The van der Waals surface area contributed by atoms with Crippen LogP contribution >= 0.6 is 0 Å². The minimum Gasteiger partial charge on any atom is -0.699 e. The van der Waals surface area contributed by atoms with E-state index in [1.165, 1.54) is 0 Å². The first-order valence-corrected chi connectivity index (χ1v) is 18.9. The number of hydrogen-bond donors (Lipinski definition) is 0. The van der Waals surface area contributed by atoms with Crippen LogP contribution in [-0.4, -0.2) is 65.3 Å². The molecule has 0 aliphatic heterocycles. The Morgan fingerprint density at radius 3 is 0.789 bits per heavy atom. The molecule has 0 unspecified atom stereocenters. The molecular formula is C30H40N4Sb2Si2-. The van der Waals surface area contributed by atoms with E-state index in [4.69, 9.17) is 11.5 Å². The molecule has 0 amide bonds. The molecule has 0 aliphatic rings. The zero-order valence-electron chi connectivity index (χ0n) is 23.3. The normalized spacial score (nSPS) is 9.63. The molecule has 0 saturated carbocycles. The molecule has 0 aliphatic carbocycles. The van der Waals surface area contributed by atoms with E-state index >= 15 is 0 Å². The van der Waals surface area contributed by atoms with Crippen molar-refractivity contribution in [2.45, 2.75) is 39.3 Å². The van der Waals surface area contributed by atoms with Gasteiger partial charge in [-0.3, -0.25) is 0 Å². The first kappa shape index (κ1) is 38.3. The monoisotopic (exact) mass is 754 g/mol. The van der Waals surface area contributed by atoms with Gasteiger partial charge in [-0.2, -0.15) is 0 Å². The van der Waals surface area contributed by atoms with Gasteiger partial charge >= 0.3 is 24.4 Å². The van der Waals surface area contributed by atoms with Gasteiger partial charge in [-0.15, -0.1) is 22.7 Å². The Kier molecular flexibility index (Phi) is 21.2. The van der Waals surface area contributed by atoms with Gasteiger partial charge < -0.3 is 21.4 Å². The van der Waals surface area contributed by atoms with Crippen molar-refractivity contribution in [1.82, 2.24) is 0 Å². The third-order valence-electron chi connectivity index (χ3n) is 3.99. The zero-order chi connectivity index (χ0) is 26.9. The SMILES string of the molecule is C[Si](C)(C)[N-]c1ccccc1.C[Si](C)(C)[N-]c1ccccc1.[NH-]c1ccccc1.[NH-]c1ccccc1.[Sb+3].[Sb]. The maximum absolute atomic E-state index is 7.00. The van der Waals surface area contributed by atoms with Crippen LogP contribution in [0.15, 0.2) is 121 Å². The fraction of sp³-hybridized carbons (Fsp3) is 0.200. The van der Waals surface area contributed by atoms with Gasteiger partial charge in [0.25, 0.3) is 0 Å². The Bertz CT molecular complexity index is 970. The molecule has 0 heterocycles. The second-order valence-electron chi connectivity index (χ2n) is 9.97. The molecule has 0 atom stereocenters. The molecule has 4 nitrogen and oxygen atoms in total. The van der Waals surface area contributed by atoms with Gasteiger partial charge in [-0.1, -0.05) is 161 Å². The van der Waals surface area contributed by atoms with Crippen LogP contribution < -0.4 is 0 Å². The molecule has 2 N–H and O–H groups in total. The first-order chi connectivity index (χ1) is 16.9. The van der Waals surface area contributed by atoms with Crippen molar-refractivity contribution in [2.75, 3.05) is 0 Å². The summed E-state index contributed by atoms with van der Waals surface area (Å²) in [5.41, 5.74) is 17.4. The Labute approximate surface area is 268 Å². The number of benzene rings is 4. The van der Waals surface area contributed by atoms with Crippen molar-refractivity contribution < 1.29 is 0 Å². The van der Waals surface area contributed by atoms with Crippen LogP contribution in [0.3, 0.4) is 0 Å². The van der Waals surface area contributed by atoms with Crippen molar-refractivity contribution in [3.8, 4) is 0 Å². The molecule has 0 bridgehead atoms. The van der Waals surface area contributed by atoms with Crippen LogP contribution in [0.1, 0.15) is 0 Å². The summed E-state index contributed by atoms with van der Waals surface area (Å²) < 4.78 is 0. The van der Waals surface area contributed by atoms with Crippen molar-refractivity contribution in [1.29, 1.82) is 0 Å². The minimum atomic E-state index is -1.27. The topological polar surface area (TPSA) is 75.8 Å². The zero-order valence-corrected chi connectivity index (χ0v) is 30.4. The summed E-state index contributed by atoms with van der Waals surface area (Å²) in [6, 6.07) is 38.6. The van der Waals surface area contributed by atoms with E-state index in [-0.39, 0.29) is 48.9 Å². The van der Waals surface area contributed by atoms with Crippen LogP contribution in [0.25, 0.3) is 21.4 Å². The van der Waals surface area contributed by atoms with Gasteiger partial charge in [0.05, 0.1) is 0 Å². The maximum atomic E-state index is 7.00. The number of nitrogens with one attached hydrogen (secondary N) is 2. The number of nitrogens with zero attached hydrogens (tertiary/aromatic N) is 2. The summed E-state index contributed by atoms with van der Waals surface area (Å²) in [4.78, 5) is 9.26. The fourth-order valence-electron chi connectivity index (χ4n) is 2.66. The maximum Gasteiger partial charge on any atom is 3.00 e. The molecule has 4 rings (SSSR count). The molecule has 199 valence electrons. The molecule has 0 spiro atoms. The number of rotatable bonds is 4. The van der Waals surface area contributed by atoms with E-state index in [1.54, 1.807) is 24.3 Å². The van der Waals surface area contributed by atoms with E-state index in [9.17, 15) is 0 Å². The van der Waals surface area contributed by atoms with Crippen LogP contribution in [0.2, 0.25) is 39.3 Å². The molecule has 5 radical (unpaired) electrons. The van der Waals surface area contributed by atoms with E-state index in [2.05, 4.69) is 73.5 Å². The summed E-state index contributed by atoms with van der Waals surface area (Å²) in [6.07, 6.45) is 0. The van der Waals surface area contributed by atoms with Crippen LogP contribution in [0.4, 0.5) is 22.7 Å². The van der Waals surface area contributed by atoms with Gasteiger partial charge in [0, 0.05) is 24.4 Å². The molecule has 0 aromatic heterocycles. The van der Waals surface area contributed by atoms with Gasteiger partial charge in [-0.25, -0.2) is 0 Å². The predicted molar refractivity (Wildman–Crippen MR) is 178 cm³/mol. The first-order valence-electron chi connectivity index (χ1n) is 12.0. The van der Waals surface area contributed by atoms with Crippen molar-refractivity contribution in [3.05, 3.63) is 143 Å². The summed E-state index contributed by atoms with van der Waals surface area (Å²) >= 11 is 0. The van der Waals surface area contributed by atoms with Crippen LogP contribution in [0.5, 0.6) is 0 Å². The standard InChI is InChI=1S/2C9H14NSi.2C6H6N.2Sb/c2*1-11(2,3)10-9-7-5-4-6-8-9;2*7-6-4-2-1-3-5-6;;/h2*4-8H,1-3H3;2*1-5,7H;;/q4*-1;;+3. The summed E-state index contributed by atoms with van der Waals surface area (Å²) in [5.74, 6) is 0. The van der Waals surface area contributed by atoms with Gasteiger partial charge in [-0.05, 0) is 16.5 Å². The Morgan fingerprint density at radius 2 is 0.632 bits per heavy atom. The average molecular weight is 756 g/mol. The molecule has 8 heteroatoms. The van der Waals surface area contributed by atoms with Gasteiger partial charge in [0.2, 0.25) is 0 Å². The molecular weight excluding hydrogens is 716 g/mol. The average Bonchev–Trinajstić information content (AvgIpc) is 2.81. The van der Waals surface area contributed by atoms with Crippen LogP contribution in [0, 0.1) is 0 Å². The fourth-order valence-corrected chi connectivity index (χ4v) is 4.50. The summed E-state index contributed by atoms with van der Waals surface area (Å²) in [6.45, 7) is 13.4. The third-order valence-corrected chi connectivity index (χ3v) is 5.85. The molecule has 0 saturated heterocycles. The Morgan fingerprint density at radius 1 is 0.421 bits per heavy atom. The van der Waals surface area contributed by atoms with E-state index in [0.717, 1.165) is 11.4 Å².